The van der Waals surface area contributed by atoms with Crippen LogP contribution in [0.5, 0.6) is 11.5 Å². The standard InChI is InChI=1S/C41H43N3O4/c1-46-41(45)40(28-31-12-6-5-7-13-31)44-29-32-18-22-35(23-19-32)47-26-8-3-2-4-9-27-48-36-24-20-33(21-25-36)37-15-11-17-39(43-37)38-16-10-14-34(30-44)42-38/h5-7,10-25,40H,2-4,8-9,26-30H2,1H3/t40-/m0/s1. The fourth-order valence-corrected chi connectivity index (χ4v) is 6.03. The molecule has 246 valence electrons. The molecule has 3 aromatic carbocycles. The lowest BCUT2D eigenvalue weighted by Crippen LogP contribution is -2.42. The smallest absolute Gasteiger partial charge is 0.323 e. The molecular weight excluding hydrogens is 598 g/mol. The van der Waals surface area contributed by atoms with E-state index in [2.05, 4.69) is 29.2 Å². The Morgan fingerprint density at radius 1 is 0.667 bits per heavy atom. The Balaban J connectivity index is 1.32. The SMILES string of the molecule is COC(=O)[C@H](Cc1ccccc1)N1Cc2ccc(cc2)OCCCCCCCOc2ccc(cc2)-c2cccc(n2)-c2cccc(n2)C1. The van der Waals surface area contributed by atoms with Gasteiger partial charge in [-0.1, -0.05) is 73.9 Å². The fourth-order valence-electron chi connectivity index (χ4n) is 6.03. The predicted molar refractivity (Wildman–Crippen MR) is 189 cm³/mol. The largest absolute Gasteiger partial charge is 0.494 e. The number of aromatic nitrogens is 2. The van der Waals surface area contributed by atoms with Crippen LogP contribution in [0.25, 0.3) is 22.6 Å². The van der Waals surface area contributed by atoms with Gasteiger partial charge in [-0.05, 0) is 91.1 Å². The minimum atomic E-state index is -0.515. The summed E-state index contributed by atoms with van der Waals surface area (Å²) in [5.41, 5.74) is 6.42. The Morgan fingerprint density at radius 2 is 1.27 bits per heavy atom. The van der Waals surface area contributed by atoms with Crippen molar-refractivity contribution in [2.24, 2.45) is 0 Å². The highest BCUT2D eigenvalue weighted by molar-refractivity contribution is 5.76. The van der Waals surface area contributed by atoms with E-state index in [9.17, 15) is 4.79 Å². The van der Waals surface area contributed by atoms with Crippen molar-refractivity contribution in [3.05, 3.63) is 132 Å². The second-order valence-electron chi connectivity index (χ2n) is 12.2. The number of carbonyl (C=O) groups excluding carboxylic acids is 1. The summed E-state index contributed by atoms with van der Waals surface area (Å²) in [5, 5.41) is 0. The number of nitrogens with zero attached hydrogens (tertiary/aromatic N) is 3. The van der Waals surface area contributed by atoms with Crippen LogP contribution in [0, 0.1) is 0 Å². The van der Waals surface area contributed by atoms with Gasteiger partial charge in [0.15, 0.2) is 0 Å². The molecule has 0 N–H and O–H groups in total. The van der Waals surface area contributed by atoms with E-state index in [1.165, 1.54) is 7.11 Å². The van der Waals surface area contributed by atoms with Crippen molar-refractivity contribution in [3.8, 4) is 34.1 Å². The van der Waals surface area contributed by atoms with E-state index < -0.39 is 6.04 Å². The molecule has 0 unspecified atom stereocenters. The number of methoxy groups -OCH3 is 1. The molecule has 2 aromatic heterocycles. The molecule has 7 heteroatoms. The quantitative estimate of drug-likeness (QED) is 0.183. The first kappa shape index (κ1) is 32.9. The zero-order valence-corrected chi connectivity index (χ0v) is 27.6. The first-order chi connectivity index (χ1) is 23.6. The maximum absolute atomic E-state index is 13.4. The van der Waals surface area contributed by atoms with Gasteiger partial charge in [0.05, 0.1) is 43.1 Å². The average molecular weight is 642 g/mol. The van der Waals surface area contributed by atoms with Crippen LogP contribution in [0.4, 0.5) is 0 Å². The number of rotatable bonds is 4. The Bertz CT molecular complexity index is 1740. The molecule has 0 saturated carbocycles. The van der Waals surface area contributed by atoms with Gasteiger partial charge in [-0.3, -0.25) is 9.69 Å². The molecule has 0 aliphatic carbocycles. The van der Waals surface area contributed by atoms with E-state index in [1.807, 2.05) is 91.0 Å². The van der Waals surface area contributed by atoms with Gasteiger partial charge in [-0.25, -0.2) is 9.97 Å². The van der Waals surface area contributed by atoms with Crippen molar-refractivity contribution in [2.75, 3.05) is 20.3 Å². The molecule has 7 nitrogen and oxygen atoms in total. The molecule has 4 aliphatic rings. The predicted octanol–water partition coefficient (Wildman–Crippen LogP) is 8.32. The first-order valence-electron chi connectivity index (χ1n) is 16.9. The highest BCUT2D eigenvalue weighted by Crippen LogP contribution is 2.26. The second kappa shape index (κ2) is 16.7. The van der Waals surface area contributed by atoms with Crippen LogP contribution in [0.1, 0.15) is 48.9 Å². The normalized spacial score (nSPS) is 15.2. The number of benzene rings is 3. The van der Waals surface area contributed by atoms with Crippen LogP contribution < -0.4 is 9.47 Å². The van der Waals surface area contributed by atoms with Gasteiger partial charge >= 0.3 is 5.97 Å². The summed E-state index contributed by atoms with van der Waals surface area (Å²) in [5.74, 6) is 1.44. The van der Waals surface area contributed by atoms with Gasteiger partial charge in [0.2, 0.25) is 0 Å². The van der Waals surface area contributed by atoms with E-state index in [-0.39, 0.29) is 5.97 Å². The maximum Gasteiger partial charge on any atom is 0.323 e. The molecule has 0 amide bonds. The first-order valence-corrected chi connectivity index (χ1v) is 16.9. The van der Waals surface area contributed by atoms with Crippen LogP contribution in [-0.4, -0.2) is 47.2 Å². The van der Waals surface area contributed by atoms with E-state index in [0.29, 0.717) is 32.7 Å². The minimum Gasteiger partial charge on any atom is -0.494 e. The van der Waals surface area contributed by atoms with Crippen LogP contribution in [0.3, 0.4) is 0 Å². The second-order valence-corrected chi connectivity index (χ2v) is 12.2. The number of ether oxygens (including phenoxy) is 3. The van der Waals surface area contributed by atoms with Crippen molar-refractivity contribution in [2.45, 2.75) is 57.7 Å². The average Bonchev–Trinajstić information content (AvgIpc) is 3.14. The van der Waals surface area contributed by atoms with Crippen LogP contribution in [-0.2, 0) is 29.0 Å². The van der Waals surface area contributed by atoms with Crippen molar-refractivity contribution in [1.82, 2.24) is 14.9 Å². The molecule has 6 heterocycles. The summed E-state index contributed by atoms with van der Waals surface area (Å²) in [6.45, 7) is 2.38. The molecule has 5 aromatic rings. The van der Waals surface area contributed by atoms with E-state index in [1.54, 1.807) is 0 Å². The van der Waals surface area contributed by atoms with Crippen LogP contribution in [0.2, 0.25) is 0 Å². The molecule has 0 fully saturated rings. The molecule has 1 atom stereocenters. The van der Waals surface area contributed by atoms with Crippen LogP contribution >= 0.6 is 0 Å². The summed E-state index contributed by atoms with van der Waals surface area (Å²) in [4.78, 5) is 25.5. The number of hydrogen-bond donors (Lipinski definition) is 0. The Hall–Kier alpha value is -5.01. The summed E-state index contributed by atoms with van der Waals surface area (Å²) in [6, 6.07) is 37.9. The van der Waals surface area contributed by atoms with E-state index in [4.69, 9.17) is 24.2 Å². The molecule has 0 radical (unpaired) electrons. The topological polar surface area (TPSA) is 73.8 Å². The summed E-state index contributed by atoms with van der Waals surface area (Å²) >= 11 is 0. The number of hydrogen-bond acceptors (Lipinski definition) is 7. The van der Waals surface area contributed by atoms with Crippen LogP contribution in [0.15, 0.2) is 115 Å². The number of pyridine rings is 2. The lowest BCUT2D eigenvalue weighted by Gasteiger charge is -2.30. The van der Waals surface area contributed by atoms with Gasteiger partial charge in [0.1, 0.15) is 17.5 Å². The number of carbonyl (C=O) groups is 1. The lowest BCUT2D eigenvalue weighted by atomic mass is 10.0. The van der Waals surface area contributed by atoms with Gasteiger partial charge in [0.25, 0.3) is 0 Å². The zero-order chi connectivity index (χ0) is 33.0. The minimum absolute atomic E-state index is 0.277. The Kier molecular flexibility index (Phi) is 11.5. The van der Waals surface area contributed by atoms with Gasteiger partial charge in [-0.2, -0.15) is 0 Å². The van der Waals surface area contributed by atoms with E-state index in [0.717, 1.165) is 83.1 Å². The highest BCUT2D eigenvalue weighted by atomic mass is 16.5. The third-order valence-electron chi connectivity index (χ3n) is 8.65. The summed E-state index contributed by atoms with van der Waals surface area (Å²) < 4.78 is 17.4. The highest BCUT2D eigenvalue weighted by Gasteiger charge is 2.28. The summed E-state index contributed by atoms with van der Waals surface area (Å²) in [6.07, 6.45) is 5.97. The Labute approximate surface area is 283 Å². The molecule has 4 aliphatic heterocycles. The molecule has 48 heavy (non-hydrogen) atoms. The zero-order valence-electron chi connectivity index (χ0n) is 27.6. The fraction of sp³-hybridized carbons (Fsp3) is 0.293. The van der Waals surface area contributed by atoms with E-state index >= 15 is 0 Å². The molecule has 0 saturated heterocycles. The third-order valence-corrected chi connectivity index (χ3v) is 8.65. The summed E-state index contributed by atoms with van der Waals surface area (Å²) in [7, 11) is 1.45. The third kappa shape index (κ3) is 9.07. The molecule has 0 spiro atoms. The maximum atomic E-state index is 13.4. The van der Waals surface area contributed by atoms with Crippen molar-refractivity contribution >= 4 is 5.97 Å². The van der Waals surface area contributed by atoms with Crippen molar-refractivity contribution in [1.29, 1.82) is 0 Å². The van der Waals surface area contributed by atoms with Crippen molar-refractivity contribution < 1.29 is 19.0 Å². The van der Waals surface area contributed by atoms with Crippen molar-refractivity contribution in [3.63, 3.8) is 0 Å². The van der Waals surface area contributed by atoms with Gasteiger partial charge < -0.3 is 14.2 Å². The lowest BCUT2D eigenvalue weighted by molar-refractivity contribution is -0.147. The number of esters is 1. The Morgan fingerprint density at radius 3 is 1.96 bits per heavy atom. The van der Waals surface area contributed by atoms with Gasteiger partial charge in [0, 0.05) is 18.7 Å². The molecule has 9 rings (SSSR count). The monoisotopic (exact) mass is 641 g/mol. The van der Waals surface area contributed by atoms with Gasteiger partial charge in [-0.15, -0.1) is 0 Å². The molecular formula is C41H43N3O4. The molecule has 8 bridgehead atoms.